The molecule has 1 aromatic heterocycles. The van der Waals surface area contributed by atoms with Gasteiger partial charge in [-0.25, -0.2) is 4.98 Å². The molecule has 1 heterocycles. The zero-order valence-corrected chi connectivity index (χ0v) is 12.6. The van der Waals surface area contributed by atoms with E-state index in [9.17, 15) is 0 Å². The molecular formula is C15H18BrN3. The quantitative estimate of drug-likeness (QED) is 0.907. The number of imidazole rings is 1. The maximum atomic E-state index is 4.27. The molecule has 0 amide bonds. The highest BCUT2D eigenvalue weighted by Gasteiger charge is 2.25. The van der Waals surface area contributed by atoms with Crippen LogP contribution in [0.15, 0.2) is 41.3 Å². The first-order valence-electron chi connectivity index (χ1n) is 6.74. The zero-order valence-electron chi connectivity index (χ0n) is 11.0. The summed E-state index contributed by atoms with van der Waals surface area (Å²) in [6.45, 7) is 3.05. The molecule has 0 radical (unpaired) electrons. The number of nitrogens with one attached hydrogen (secondary N) is 1. The third kappa shape index (κ3) is 2.90. The number of halogens is 1. The number of rotatable bonds is 5. The predicted octanol–water partition coefficient (Wildman–Crippen LogP) is 3.83. The van der Waals surface area contributed by atoms with Crippen LogP contribution < -0.4 is 5.32 Å². The van der Waals surface area contributed by atoms with Gasteiger partial charge in [0.25, 0.3) is 0 Å². The van der Waals surface area contributed by atoms with E-state index in [1.807, 2.05) is 18.6 Å². The molecule has 4 heteroatoms. The number of benzene rings is 1. The third-order valence-corrected chi connectivity index (χ3v) is 4.37. The number of aromatic nitrogens is 2. The highest BCUT2D eigenvalue weighted by Crippen LogP contribution is 2.35. The lowest BCUT2D eigenvalue weighted by atomic mass is 10.1. The normalized spacial score (nSPS) is 16.5. The van der Waals surface area contributed by atoms with Crippen LogP contribution in [0.25, 0.3) is 0 Å². The molecule has 1 aliphatic rings. The summed E-state index contributed by atoms with van der Waals surface area (Å²) in [5, 5.41) is 3.57. The Balaban J connectivity index is 1.65. The average molecular weight is 320 g/mol. The summed E-state index contributed by atoms with van der Waals surface area (Å²) in [7, 11) is 0. The minimum atomic E-state index is 0.318. The Morgan fingerprint density at radius 3 is 2.95 bits per heavy atom. The van der Waals surface area contributed by atoms with E-state index in [2.05, 4.69) is 55.9 Å². The fraction of sp³-hybridized carbons (Fsp3) is 0.400. The Hall–Kier alpha value is -1.13. The van der Waals surface area contributed by atoms with Gasteiger partial charge in [0.15, 0.2) is 0 Å². The fourth-order valence-electron chi connectivity index (χ4n) is 2.34. The largest absolute Gasteiger partial charge is 0.330 e. The maximum absolute atomic E-state index is 4.27. The smallest absolute Gasteiger partial charge is 0.0951 e. The molecule has 100 valence electrons. The predicted molar refractivity (Wildman–Crippen MR) is 79.9 cm³/mol. The van der Waals surface area contributed by atoms with Crippen LogP contribution in [0.2, 0.25) is 0 Å². The molecule has 0 bridgehead atoms. The summed E-state index contributed by atoms with van der Waals surface area (Å²) in [6, 6.07) is 9.37. The standard InChI is InChI=1S/C15H18BrN3/c1-11(14-4-2-3-5-15(14)16)18-9-13-8-17-10-19(13)12-6-7-12/h2-5,8,10-12,18H,6-7,9H2,1H3/t11-/m0/s1. The molecule has 3 rings (SSSR count). The van der Waals surface area contributed by atoms with Crippen molar-refractivity contribution in [3.8, 4) is 0 Å². The van der Waals surface area contributed by atoms with Crippen LogP contribution >= 0.6 is 15.9 Å². The Morgan fingerprint density at radius 1 is 1.42 bits per heavy atom. The van der Waals surface area contributed by atoms with E-state index >= 15 is 0 Å². The number of nitrogens with zero attached hydrogens (tertiary/aromatic N) is 2. The van der Waals surface area contributed by atoms with Crippen LogP contribution in [-0.2, 0) is 6.54 Å². The molecule has 3 nitrogen and oxygen atoms in total. The van der Waals surface area contributed by atoms with E-state index < -0.39 is 0 Å². The minimum absolute atomic E-state index is 0.318. The van der Waals surface area contributed by atoms with Gasteiger partial charge in [-0.1, -0.05) is 34.1 Å². The lowest BCUT2D eigenvalue weighted by molar-refractivity contribution is 0.545. The van der Waals surface area contributed by atoms with Crippen molar-refractivity contribution in [3.63, 3.8) is 0 Å². The fourth-order valence-corrected chi connectivity index (χ4v) is 2.97. The van der Waals surface area contributed by atoms with Crippen molar-refractivity contribution in [3.05, 3.63) is 52.5 Å². The average Bonchev–Trinajstić information content (AvgIpc) is 3.15. The van der Waals surface area contributed by atoms with Gasteiger partial charge in [0.2, 0.25) is 0 Å². The van der Waals surface area contributed by atoms with Crippen LogP contribution in [-0.4, -0.2) is 9.55 Å². The van der Waals surface area contributed by atoms with Crippen molar-refractivity contribution in [2.24, 2.45) is 0 Å². The van der Waals surface area contributed by atoms with Gasteiger partial charge in [-0.15, -0.1) is 0 Å². The van der Waals surface area contributed by atoms with Crippen LogP contribution in [0, 0.1) is 0 Å². The molecule has 1 atom stereocenters. The SMILES string of the molecule is C[C@H](NCc1cncn1C1CC1)c1ccccc1Br. The second-order valence-electron chi connectivity index (χ2n) is 5.15. The second kappa shape index (κ2) is 5.47. The molecule has 1 fully saturated rings. The molecule has 0 aliphatic heterocycles. The summed E-state index contributed by atoms with van der Waals surface area (Å²) in [5.41, 5.74) is 2.57. The number of hydrogen-bond donors (Lipinski definition) is 1. The highest BCUT2D eigenvalue weighted by molar-refractivity contribution is 9.10. The monoisotopic (exact) mass is 319 g/mol. The molecule has 2 aromatic rings. The van der Waals surface area contributed by atoms with Gasteiger partial charge in [-0.2, -0.15) is 0 Å². The van der Waals surface area contributed by atoms with Crippen LogP contribution in [0.1, 0.15) is 43.1 Å². The molecule has 1 saturated carbocycles. The maximum Gasteiger partial charge on any atom is 0.0951 e. The minimum Gasteiger partial charge on any atom is -0.330 e. The molecule has 1 aliphatic carbocycles. The van der Waals surface area contributed by atoms with E-state index in [1.54, 1.807) is 0 Å². The molecule has 0 unspecified atom stereocenters. The van der Waals surface area contributed by atoms with E-state index in [0.29, 0.717) is 12.1 Å². The lowest BCUT2D eigenvalue weighted by Gasteiger charge is -2.16. The van der Waals surface area contributed by atoms with Crippen LogP contribution in [0.5, 0.6) is 0 Å². The van der Waals surface area contributed by atoms with Crippen molar-refractivity contribution in [2.45, 2.75) is 38.4 Å². The lowest BCUT2D eigenvalue weighted by Crippen LogP contribution is -2.20. The molecule has 19 heavy (non-hydrogen) atoms. The van der Waals surface area contributed by atoms with Crippen LogP contribution in [0.4, 0.5) is 0 Å². The molecule has 0 spiro atoms. The van der Waals surface area contributed by atoms with Crippen molar-refractivity contribution in [1.82, 2.24) is 14.9 Å². The first-order valence-corrected chi connectivity index (χ1v) is 7.53. The van der Waals surface area contributed by atoms with Crippen molar-refractivity contribution >= 4 is 15.9 Å². The molecule has 1 aromatic carbocycles. The third-order valence-electron chi connectivity index (χ3n) is 3.65. The summed E-state index contributed by atoms with van der Waals surface area (Å²) >= 11 is 3.61. The van der Waals surface area contributed by atoms with Gasteiger partial charge in [0, 0.05) is 29.3 Å². The highest BCUT2D eigenvalue weighted by atomic mass is 79.9. The van der Waals surface area contributed by atoms with Gasteiger partial charge in [0.05, 0.1) is 12.0 Å². The Kier molecular flexibility index (Phi) is 3.71. The van der Waals surface area contributed by atoms with Gasteiger partial charge in [-0.05, 0) is 31.4 Å². The van der Waals surface area contributed by atoms with Gasteiger partial charge >= 0.3 is 0 Å². The van der Waals surface area contributed by atoms with Gasteiger partial charge < -0.3 is 9.88 Å². The number of hydrogen-bond acceptors (Lipinski definition) is 2. The topological polar surface area (TPSA) is 29.9 Å². The zero-order chi connectivity index (χ0) is 13.2. The summed E-state index contributed by atoms with van der Waals surface area (Å²) in [5.74, 6) is 0. The second-order valence-corrected chi connectivity index (χ2v) is 6.00. The van der Waals surface area contributed by atoms with Crippen molar-refractivity contribution in [1.29, 1.82) is 0 Å². The first kappa shape index (κ1) is 12.9. The van der Waals surface area contributed by atoms with E-state index in [1.165, 1.54) is 24.1 Å². The summed E-state index contributed by atoms with van der Waals surface area (Å²) < 4.78 is 3.46. The van der Waals surface area contributed by atoms with Gasteiger partial charge in [-0.3, -0.25) is 0 Å². The molecule has 0 saturated heterocycles. The van der Waals surface area contributed by atoms with Crippen LogP contribution in [0.3, 0.4) is 0 Å². The van der Waals surface area contributed by atoms with E-state index in [0.717, 1.165) is 11.0 Å². The van der Waals surface area contributed by atoms with E-state index in [4.69, 9.17) is 0 Å². The molecular weight excluding hydrogens is 302 g/mol. The molecule has 1 N–H and O–H groups in total. The van der Waals surface area contributed by atoms with Crippen molar-refractivity contribution in [2.75, 3.05) is 0 Å². The summed E-state index contributed by atoms with van der Waals surface area (Å²) in [4.78, 5) is 4.27. The first-order chi connectivity index (χ1) is 9.25. The Bertz CT molecular complexity index is 560. The Labute approximate surface area is 122 Å². The van der Waals surface area contributed by atoms with Gasteiger partial charge in [0.1, 0.15) is 0 Å². The van der Waals surface area contributed by atoms with Crippen molar-refractivity contribution < 1.29 is 0 Å². The van der Waals surface area contributed by atoms with E-state index in [-0.39, 0.29) is 0 Å². The Morgan fingerprint density at radius 2 is 2.21 bits per heavy atom. The summed E-state index contributed by atoms with van der Waals surface area (Å²) in [6.07, 6.45) is 6.52.